The van der Waals surface area contributed by atoms with E-state index in [2.05, 4.69) is 0 Å². The number of aromatic nitrogens is 1. The predicted molar refractivity (Wildman–Crippen MR) is 72.4 cm³/mol. The first kappa shape index (κ1) is 12.7. The number of hydrogen-bond acceptors (Lipinski definition) is 2. The molecule has 4 heteroatoms. The van der Waals surface area contributed by atoms with Crippen LogP contribution in [0.5, 0.6) is 5.75 Å². The molecule has 0 aliphatic carbocycles. The second-order valence-corrected chi connectivity index (χ2v) is 4.48. The van der Waals surface area contributed by atoms with Crippen LogP contribution in [-0.4, -0.2) is 11.2 Å². The number of aryl methyl sites for hydroxylation is 1. The summed E-state index contributed by atoms with van der Waals surface area (Å²) in [6.45, 7) is 2.93. The summed E-state index contributed by atoms with van der Waals surface area (Å²) in [4.78, 5) is 11.5. The zero-order valence-electron chi connectivity index (χ0n) is 10.1. The summed E-state index contributed by atoms with van der Waals surface area (Å²) in [7, 11) is 0. The van der Waals surface area contributed by atoms with E-state index in [4.69, 9.17) is 16.3 Å². The maximum absolute atomic E-state index is 11.5. The highest BCUT2D eigenvalue weighted by atomic mass is 35.5. The second kappa shape index (κ2) is 5.74. The molecule has 0 radical (unpaired) electrons. The zero-order valence-corrected chi connectivity index (χ0v) is 10.9. The van der Waals surface area contributed by atoms with Gasteiger partial charge in [-0.15, -0.1) is 0 Å². The average molecular weight is 264 g/mol. The van der Waals surface area contributed by atoms with Crippen LogP contribution in [0.4, 0.5) is 0 Å². The van der Waals surface area contributed by atoms with E-state index in [1.807, 2.05) is 13.1 Å². The average Bonchev–Trinajstić information content (AvgIpc) is 2.36. The Hall–Kier alpha value is -1.74. The molecule has 0 bridgehead atoms. The molecule has 2 rings (SSSR count). The largest absolute Gasteiger partial charge is 0.492 e. The lowest BCUT2D eigenvalue weighted by atomic mass is 10.3. The van der Waals surface area contributed by atoms with Gasteiger partial charge in [0.2, 0.25) is 0 Å². The summed E-state index contributed by atoms with van der Waals surface area (Å²) in [5, 5.41) is 0.678. The fourth-order valence-corrected chi connectivity index (χ4v) is 1.74. The molecule has 0 amide bonds. The third-order valence-corrected chi connectivity index (χ3v) is 2.80. The topological polar surface area (TPSA) is 31.2 Å². The molecule has 0 saturated carbocycles. The third kappa shape index (κ3) is 3.37. The maximum Gasteiger partial charge on any atom is 0.250 e. The van der Waals surface area contributed by atoms with Gasteiger partial charge in [0.15, 0.2) is 0 Å². The number of halogens is 1. The van der Waals surface area contributed by atoms with Crippen LogP contribution >= 0.6 is 11.6 Å². The molecule has 1 heterocycles. The minimum atomic E-state index is -0.0136. The van der Waals surface area contributed by atoms with Crippen LogP contribution in [0, 0.1) is 6.92 Å². The van der Waals surface area contributed by atoms with Crippen LogP contribution in [-0.2, 0) is 6.54 Å². The fourth-order valence-electron chi connectivity index (χ4n) is 1.62. The minimum Gasteiger partial charge on any atom is -0.492 e. The van der Waals surface area contributed by atoms with Crippen LogP contribution in [0.15, 0.2) is 47.4 Å². The first-order valence-corrected chi connectivity index (χ1v) is 6.08. The van der Waals surface area contributed by atoms with Crippen molar-refractivity contribution in [1.29, 1.82) is 0 Å². The number of hydrogen-bond donors (Lipinski definition) is 0. The first-order valence-electron chi connectivity index (χ1n) is 5.70. The van der Waals surface area contributed by atoms with Crippen molar-refractivity contribution in [2.45, 2.75) is 13.5 Å². The number of pyridine rings is 1. The van der Waals surface area contributed by atoms with E-state index in [0.29, 0.717) is 18.2 Å². The first-order chi connectivity index (χ1) is 8.65. The smallest absolute Gasteiger partial charge is 0.250 e. The highest BCUT2D eigenvalue weighted by Crippen LogP contribution is 2.15. The Balaban J connectivity index is 1.94. The van der Waals surface area contributed by atoms with Gasteiger partial charge in [-0.05, 0) is 36.8 Å². The molecule has 0 aliphatic rings. The third-order valence-electron chi connectivity index (χ3n) is 2.55. The molecular weight excluding hydrogens is 250 g/mol. The van der Waals surface area contributed by atoms with Crippen LogP contribution in [0.1, 0.15) is 5.56 Å². The van der Waals surface area contributed by atoms with Crippen molar-refractivity contribution in [1.82, 2.24) is 4.57 Å². The Kier molecular flexibility index (Phi) is 4.05. The van der Waals surface area contributed by atoms with Crippen LogP contribution in [0.2, 0.25) is 5.02 Å². The summed E-state index contributed by atoms with van der Waals surface area (Å²) in [6.07, 6.45) is 1.83. The van der Waals surface area contributed by atoms with Crippen LogP contribution in [0.25, 0.3) is 0 Å². The van der Waals surface area contributed by atoms with Gasteiger partial charge in [0.1, 0.15) is 12.4 Å². The van der Waals surface area contributed by atoms with Gasteiger partial charge in [-0.1, -0.05) is 17.7 Å². The zero-order chi connectivity index (χ0) is 13.0. The molecule has 0 N–H and O–H groups in total. The predicted octanol–water partition coefficient (Wildman–Crippen LogP) is 2.89. The Morgan fingerprint density at radius 3 is 2.61 bits per heavy atom. The molecule has 0 spiro atoms. The van der Waals surface area contributed by atoms with Gasteiger partial charge in [-0.3, -0.25) is 4.79 Å². The van der Waals surface area contributed by atoms with E-state index in [-0.39, 0.29) is 5.56 Å². The van der Waals surface area contributed by atoms with Crippen molar-refractivity contribution in [3.05, 3.63) is 63.5 Å². The molecule has 0 unspecified atom stereocenters. The Morgan fingerprint density at radius 1 is 1.17 bits per heavy atom. The van der Waals surface area contributed by atoms with Gasteiger partial charge in [0.05, 0.1) is 6.54 Å². The van der Waals surface area contributed by atoms with Gasteiger partial charge in [0.25, 0.3) is 5.56 Å². The quantitative estimate of drug-likeness (QED) is 0.849. The van der Waals surface area contributed by atoms with Crippen molar-refractivity contribution in [2.24, 2.45) is 0 Å². The standard InChI is InChI=1S/C14H14ClNO2/c1-11-2-7-14(17)16(10-11)8-9-18-13-5-3-12(15)4-6-13/h2-7,10H,8-9H2,1H3. The fraction of sp³-hybridized carbons (Fsp3) is 0.214. The lowest BCUT2D eigenvalue weighted by molar-refractivity contribution is 0.296. The molecule has 0 atom stereocenters. The Labute approximate surface area is 111 Å². The maximum atomic E-state index is 11.5. The molecule has 18 heavy (non-hydrogen) atoms. The highest BCUT2D eigenvalue weighted by molar-refractivity contribution is 6.30. The van der Waals surface area contributed by atoms with E-state index in [1.54, 1.807) is 41.0 Å². The molecule has 2 aromatic rings. The highest BCUT2D eigenvalue weighted by Gasteiger charge is 1.98. The van der Waals surface area contributed by atoms with Crippen molar-refractivity contribution in [2.75, 3.05) is 6.61 Å². The molecule has 0 saturated heterocycles. The Bertz CT molecular complexity index is 575. The summed E-state index contributed by atoms with van der Waals surface area (Å²) in [6, 6.07) is 10.5. The van der Waals surface area contributed by atoms with Gasteiger partial charge >= 0.3 is 0 Å². The van der Waals surface area contributed by atoms with E-state index in [0.717, 1.165) is 11.3 Å². The molecule has 1 aromatic heterocycles. The molecular formula is C14H14ClNO2. The van der Waals surface area contributed by atoms with E-state index < -0.39 is 0 Å². The molecule has 3 nitrogen and oxygen atoms in total. The number of ether oxygens (including phenoxy) is 1. The molecule has 1 aromatic carbocycles. The molecule has 0 aliphatic heterocycles. The van der Waals surface area contributed by atoms with Gasteiger partial charge in [-0.2, -0.15) is 0 Å². The van der Waals surface area contributed by atoms with E-state index in [9.17, 15) is 4.79 Å². The minimum absolute atomic E-state index is 0.0136. The Morgan fingerprint density at radius 2 is 1.89 bits per heavy atom. The summed E-state index contributed by atoms with van der Waals surface area (Å²) in [5.41, 5.74) is 1.04. The summed E-state index contributed by atoms with van der Waals surface area (Å²) < 4.78 is 7.19. The van der Waals surface area contributed by atoms with Gasteiger partial charge < -0.3 is 9.30 Å². The number of benzene rings is 1. The number of nitrogens with zero attached hydrogens (tertiary/aromatic N) is 1. The van der Waals surface area contributed by atoms with Crippen molar-refractivity contribution in [3.63, 3.8) is 0 Å². The van der Waals surface area contributed by atoms with Crippen LogP contribution in [0.3, 0.4) is 0 Å². The molecule has 94 valence electrons. The second-order valence-electron chi connectivity index (χ2n) is 4.04. The van der Waals surface area contributed by atoms with Crippen molar-refractivity contribution < 1.29 is 4.74 Å². The lowest BCUT2D eigenvalue weighted by Crippen LogP contribution is -2.21. The monoisotopic (exact) mass is 263 g/mol. The summed E-state index contributed by atoms with van der Waals surface area (Å²) in [5.74, 6) is 0.750. The number of rotatable bonds is 4. The van der Waals surface area contributed by atoms with Crippen molar-refractivity contribution in [3.8, 4) is 5.75 Å². The van der Waals surface area contributed by atoms with Crippen molar-refractivity contribution >= 4 is 11.6 Å². The van der Waals surface area contributed by atoms with E-state index in [1.165, 1.54) is 0 Å². The normalized spacial score (nSPS) is 10.3. The summed E-state index contributed by atoms with van der Waals surface area (Å²) >= 11 is 5.78. The van der Waals surface area contributed by atoms with E-state index >= 15 is 0 Å². The van der Waals surface area contributed by atoms with Crippen LogP contribution < -0.4 is 10.3 Å². The van der Waals surface area contributed by atoms with Gasteiger partial charge in [0, 0.05) is 17.3 Å². The lowest BCUT2D eigenvalue weighted by Gasteiger charge is -2.08. The molecule has 0 fully saturated rings. The van der Waals surface area contributed by atoms with Gasteiger partial charge in [-0.25, -0.2) is 0 Å². The SMILES string of the molecule is Cc1ccc(=O)n(CCOc2ccc(Cl)cc2)c1.